The Morgan fingerprint density at radius 1 is 1.14 bits per heavy atom. The summed E-state index contributed by atoms with van der Waals surface area (Å²) in [4.78, 5) is 30.4. The van der Waals surface area contributed by atoms with Gasteiger partial charge in [-0.3, -0.25) is 14.8 Å². The summed E-state index contributed by atoms with van der Waals surface area (Å²) in [6.07, 6.45) is 0. The summed E-state index contributed by atoms with van der Waals surface area (Å²) in [5.41, 5.74) is 3.55. The maximum atomic E-state index is 12.9. The number of hydroxylamine groups is 2. The second-order valence-corrected chi connectivity index (χ2v) is 10.6. The van der Waals surface area contributed by atoms with E-state index in [9.17, 15) is 14.8 Å². The minimum Gasteiger partial charge on any atom is -0.347 e. The highest BCUT2D eigenvalue weighted by Crippen LogP contribution is 2.27. The van der Waals surface area contributed by atoms with E-state index in [0.717, 1.165) is 27.5 Å². The van der Waals surface area contributed by atoms with Crippen molar-refractivity contribution in [3.05, 3.63) is 65.5 Å². The monoisotopic (exact) mass is 477 g/mol. The maximum absolute atomic E-state index is 12.9. The number of fused-ring (bicyclic) bond motifs is 1. The lowest BCUT2D eigenvalue weighted by Crippen LogP contribution is -2.48. The second-order valence-electron chi connectivity index (χ2n) is 10.6. The van der Waals surface area contributed by atoms with Gasteiger partial charge in [0.2, 0.25) is 0 Å². The molecule has 35 heavy (non-hydrogen) atoms. The average Bonchev–Trinajstić information content (AvgIpc) is 3.43. The topological polar surface area (TPSA) is 99.5 Å². The van der Waals surface area contributed by atoms with E-state index in [1.165, 1.54) is 0 Å². The average molecular weight is 478 g/mol. The first-order chi connectivity index (χ1) is 16.6. The molecule has 1 aromatic heterocycles. The lowest BCUT2D eigenvalue weighted by Gasteiger charge is -2.26. The van der Waals surface area contributed by atoms with E-state index in [0.29, 0.717) is 25.2 Å². The molecule has 0 bridgehead atoms. The molecule has 1 fully saturated rings. The molecule has 2 amide bonds. The molecule has 0 radical (unpaired) electrons. The summed E-state index contributed by atoms with van der Waals surface area (Å²) in [7, 11) is 0. The van der Waals surface area contributed by atoms with Gasteiger partial charge in [0, 0.05) is 30.6 Å². The van der Waals surface area contributed by atoms with E-state index in [4.69, 9.17) is 4.98 Å². The third-order valence-electron chi connectivity index (χ3n) is 6.45. The Morgan fingerprint density at radius 3 is 2.49 bits per heavy atom. The van der Waals surface area contributed by atoms with Crippen molar-refractivity contribution in [1.29, 1.82) is 0 Å². The number of benzene rings is 2. The zero-order valence-corrected chi connectivity index (χ0v) is 21.1. The molecule has 2 atom stereocenters. The number of hydrogen-bond donors (Lipinski definition) is 3. The minimum atomic E-state index is -0.504. The molecule has 1 aliphatic rings. The quantitative estimate of drug-likeness (QED) is 0.374. The third-order valence-corrected chi connectivity index (χ3v) is 6.45. The van der Waals surface area contributed by atoms with Crippen LogP contribution < -0.4 is 10.6 Å². The highest BCUT2D eigenvalue weighted by molar-refractivity contribution is 5.95. The van der Waals surface area contributed by atoms with E-state index in [1.54, 1.807) is 13.8 Å². The van der Waals surface area contributed by atoms with Gasteiger partial charge in [-0.25, -0.2) is 10.0 Å². The standard InChI is InChI=1S/C27H35N5O3/c1-17(2)32(35)25(34)20-14-28-15-22(20)29-24(33)19-12-10-18(11-13-19)16-31-23-9-7-6-8-21(23)30-26(31)27(3,4)5/h6-13,17,20,22,28,35H,14-16H2,1-5H3,(H,29,33)/t20-,22+/m0/s1. The zero-order valence-electron chi connectivity index (χ0n) is 21.1. The normalized spacial score (nSPS) is 18.3. The number of nitrogens with zero attached hydrogens (tertiary/aromatic N) is 3. The molecule has 3 N–H and O–H groups in total. The largest absolute Gasteiger partial charge is 0.347 e. The van der Waals surface area contributed by atoms with Gasteiger partial charge in [-0.05, 0) is 43.7 Å². The van der Waals surface area contributed by atoms with Crippen LogP contribution in [0.15, 0.2) is 48.5 Å². The number of hydrogen-bond acceptors (Lipinski definition) is 5. The van der Waals surface area contributed by atoms with E-state index in [1.807, 2.05) is 42.5 Å². The molecule has 3 aromatic rings. The molecular formula is C27H35N5O3. The predicted octanol–water partition coefficient (Wildman–Crippen LogP) is 3.33. The van der Waals surface area contributed by atoms with Crippen molar-refractivity contribution in [2.45, 2.75) is 58.7 Å². The second kappa shape index (κ2) is 9.79. The molecule has 8 heteroatoms. The van der Waals surface area contributed by atoms with Crippen LogP contribution in [0.5, 0.6) is 0 Å². The van der Waals surface area contributed by atoms with Crippen LogP contribution >= 0.6 is 0 Å². The molecule has 2 heterocycles. The first kappa shape index (κ1) is 24.9. The molecule has 0 spiro atoms. The molecule has 0 aliphatic carbocycles. The molecule has 2 aromatic carbocycles. The van der Waals surface area contributed by atoms with Crippen molar-refractivity contribution < 1.29 is 14.8 Å². The molecule has 8 nitrogen and oxygen atoms in total. The van der Waals surface area contributed by atoms with Crippen molar-refractivity contribution in [2.75, 3.05) is 13.1 Å². The van der Waals surface area contributed by atoms with E-state index < -0.39 is 5.92 Å². The number of aromatic nitrogens is 2. The van der Waals surface area contributed by atoms with Gasteiger partial charge in [-0.1, -0.05) is 45.0 Å². The zero-order chi connectivity index (χ0) is 25.3. The van der Waals surface area contributed by atoms with Crippen molar-refractivity contribution in [3.63, 3.8) is 0 Å². The van der Waals surface area contributed by atoms with Crippen LogP contribution in [0.2, 0.25) is 0 Å². The number of imidazole rings is 1. The van der Waals surface area contributed by atoms with Crippen molar-refractivity contribution in [1.82, 2.24) is 25.2 Å². The fraction of sp³-hybridized carbons (Fsp3) is 0.444. The molecule has 4 rings (SSSR count). The van der Waals surface area contributed by atoms with Gasteiger partial charge in [0.1, 0.15) is 5.82 Å². The van der Waals surface area contributed by atoms with Crippen LogP contribution in [0.25, 0.3) is 11.0 Å². The van der Waals surface area contributed by atoms with Crippen molar-refractivity contribution in [2.24, 2.45) is 5.92 Å². The lowest BCUT2D eigenvalue weighted by atomic mass is 9.95. The Kier molecular flexibility index (Phi) is 6.96. The third kappa shape index (κ3) is 5.23. The maximum Gasteiger partial charge on any atom is 0.252 e. The molecule has 1 saturated heterocycles. The van der Waals surface area contributed by atoms with Crippen LogP contribution in [-0.4, -0.2) is 56.8 Å². The predicted molar refractivity (Wildman–Crippen MR) is 135 cm³/mol. The Bertz CT molecular complexity index is 1210. The van der Waals surface area contributed by atoms with Crippen LogP contribution in [0.3, 0.4) is 0 Å². The fourth-order valence-electron chi connectivity index (χ4n) is 4.52. The van der Waals surface area contributed by atoms with E-state index in [-0.39, 0.29) is 29.3 Å². The molecular weight excluding hydrogens is 442 g/mol. The number of para-hydroxylation sites is 2. The molecule has 186 valence electrons. The van der Waals surface area contributed by atoms with Crippen LogP contribution in [0.4, 0.5) is 0 Å². The number of amides is 2. The molecule has 0 saturated carbocycles. The molecule has 1 aliphatic heterocycles. The highest BCUT2D eigenvalue weighted by atomic mass is 16.5. The smallest absolute Gasteiger partial charge is 0.252 e. The van der Waals surface area contributed by atoms with Crippen LogP contribution in [-0.2, 0) is 16.8 Å². The van der Waals surface area contributed by atoms with Gasteiger partial charge in [0.15, 0.2) is 0 Å². The van der Waals surface area contributed by atoms with Gasteiger partial charge in [-0.15, -0.1) is 0 Å². The number of carbonyl (C=O) groups is 2. The number of carbonyl (C=O) groups excluding carboxylic acids is 2. The highest BCUT2D eigenvalue weighted by Gasteiger charge is 2.37. The lowest BCUT2D eigenvalue weighted by molar-refractivity contribution is -0.177. The van der Waals surface area contributed by atoms with Crippen molar-refractivity contribution in [3.8, 4) is 0 Å². The Hall–Kier alpha value is -3.23. The van der Waals surface area contributed by atoms with Gasteiger partial charge >= 0.3 is 0 Å². The summed E-state index contributed by atoms with van der Waals surface area (Å²) in [5.74, 6) is -0.103. The summed E-state index contributed by atoms with van der Waals surface area (Å²) >= 11 is 0. The number of nitrogens with one attached hydrogen (secondary N) is 2. The summed E-state index contributed by atoms with van der Waals surface area (Å²) in [6.45, 7) is 11.5. The first-order valence-electron chi connectivity index (χ1n) is 12.1. The Morgan fingerprint density at radius 2 is 1.83 bits per heavy atom. The van der Waals surface area contributed by atoms with Gasteiger partial charge in [0.05, 0.1) is 29.0 Å². The fourth-order valence-corrected chi connectivity index (χ4v) is 4.52. The van der Waals surface area contributed by atoms with Gasteiger partial charge < -0.3 is 15.2 Å². The Labute approximate surface area is 206 Å². The van der Waals surface area contributed by atoms with Gasteiger partial charge in [-0.2, -0.15) is 0 Å². The van der Waals surface area contributed by atoms with E-state index >= 15 is 0 Å². The molecule has 0 unspecified atom stereocenters. The van der Waals surface area contributed by atoms with E-state index in [2.05, 4.69) is 42.0 Å². The summed E-state index contributed by atoms with van der Waals surface area (Å²) in [6, 6.07) is 15.0. The van der Waals surface area contributed by atoms with Crippen LogP contribution in [0.1, 0.15) is 56.4 Å². The van der Waals surface area contributed by atoms with Crippen molar-refractivity contribution >= 4 is 22.8 Å². The van der Waals surface area contributed by atoms with Crippen LogP contribution in [0, 0.1) is 5.92 Å². The van der Waals surface area contributed by atoms with Gasteiger partial charge in [0.25, 0.3) is 11.8 Å². The Balaban J connectivity index is 1.48. The minimum absolute atomic E-state index is 0.109. The summed E-state index contributed by atoms with van der Waals surface area (Å²) < 4.78 is 2.24. The first-order valence-corrected chi connectivity index (χ1v) is 12.1. The summed E-state index contributed by atoms with van der Waals surface area (Å²) in [5, 5.41) is 16.9. The number of rotatable bonds is 6. The SMILES string of the molecule is CC(C)N(O)C(=O)[C@H]1CNC[C@H]1NC(=O)c1ccc(Cn2c(C(C)(C)C)nc3ccccc32)cc1.